The molecule has 6 heteroatoms. The zero-order chi connectivity index (χ0) is 18.1. The summed E-state index contributed by atoms with van der Waals surface area (Å²) in [6.45, 7) is 0.159. The molecule has 0 saturated carbocycles. The van der Waals surface area contributed by atoms with Crippen LogP contribution in [0.5, 0.6) is 5.75 Å². The van der Waals surface area contributed by atoms with Gasteiger partial charge in [-0.2, -0.15) is 0 Å². The highest BCUT2D eigenvalue weighted by atomic mass is 19.1. The average molecular weight is 342 g/mol. The van der Waals surface area contributed by atoms with Crippen molar-refractivity contribution in [1.82, 2.24) is 5.32 Å². The lowest BCUT2D eigenvalue weighted by Gasteiger charge is -2.06. The van der Waals surface area contributed by atoms with Gasteiger partial charge in [-0.3, -0.25) is 9.59 Å². The van der Waals surface area contributed by atoms with Crippen LogP contribution in [0.4, 0.5) is 10.1 Å². The van der Waals surface area contributed by atoms with Gasteiger partial charge in [0.25, 0.3) is 0 Å². The highest BCUT2D eigenvalue weighted by Crippen LogP contribution is 2.13. The Morgan fingerprint density at radius 3 is 2.52 bits per heavy atom. The second-order valence-corrected chi connectivity index (χ2v) is 5.18. The van der Waals surface area contributed by atoms with Crippen molar-refractivity contribution in [1.29, 1.82) is 0 Å². The molecule has 2 aromatic carbocycles. The van der Waals surface area contributed by atoms with Gasteiger partial charge in [0.2, 0.25) is 11.8 Å². The third kappa shape index (κ3) is 6.10. The van der Waals surface area contributed by atoms with Crippen molar-refractivity contribution in [2.75, 3.05) is 19.0 Å². The number of methoxy groups -OCH3 is 1. The van der Waals surface area contributed by atoms with E-state index in [1.807, 2.05) is 12.1 Å². The molecule has 0 unspecified atom stereocenters. The molecule has 2 aromatic rings. The molecule has 0 heterocycles. The van der Waals surface area contributed by atoms with E-state index in [9.17, 15) is 14.0 Å². The lowest BCUT2D eigenvalue weighted by molar-refractivity contribution is -0.117. The molecule has 2 rings (SSSR count). The first kappa shape index (κ1) is 18.2. The molecule has 130 valence electrons. The maximum atomic E-state index is 13.4. The average Bonchev–Trinajstić information content (AvgIpc) is 2.62. The first-order valence-corrected chi connectivity index (χ1v) is 7.73. The minimum atomic E-state index is -0.498. The van der Waals surface area contributed by atoms with Crippen molar-refractivity contribution >= 4 is 23.6 Å². The number of halogens is 1. The van der Waals surface area contributed by atoms with Crippen LogP contribution in [0, 0.1) is 5.82 Å². The summed E-state index contributed by atoms with van der Waals surface area (Å²) in [4.78, 5) is 23.4. The molecule has 0 saturated heterocycles. The first-order valence-electron chi connectivity index (χ1n) is 7.73. The minimum absolute atomic E-state index is 0.0520. The second-order valence-electron chi connectivity index (χ2n) is 5.18. The van der Waals surface area contributed by atoms with Crippen molar-refractivity contribution in [3.8, 4) is 5.75 Å². The van der Waals surface area contributed by atoms with Crippen molar-refractivity contribution < 1.29 is 18.7 Å². The predicted octanol–water partition coefficient (Wildman–Crippen LogP) is 2.99. The van der Waals surface area contributed by atoms with E-state index in [1.54, 1.807) is 37.5 Å². The lowest BCUT2D eigenvalue weighted by Crippen LogP contribution is -2.26. The zero-order valence-corrected chi connectivity index (χ0v) is 13.8. The van der Waals surface area contributed by atoms with Crippen LogP contribution in [-0.2, 0) is 9.59 Å². The molecule has 25 heavy (non-hydrogen) atoms. The van der Waals surface area contributed by atoms with E-state index < -0.39 is 5.82 Å². The molecule has 0 radical (unpaired) electrons. The molecule has 0 aromatic heterocycles. The largest absolute Gasteiger partial charge is 0.497 e. The number of rotatable bonds is 7. The van der Waals surface area contributed by atoms with E-state index >= 15 is 0 Å². The molecular formula is C19H19FN2O3. The maximum absolute atomic E-state index is 13.4. The molecule has 0 aliphatic rings. The van der Waals surface area contributed by atoms with E-state index in [1.165, 1.54) is 18.2 Å². The van der Waals surface area contributed by atoms with Gasteiger partial charge in [-0.05, 0) is 35.9 Å². The fraction of sp³-hybridized carbons (Fsp3) is 0.158. The van der Waals surface area contributed by atoms with E-state index in [4.69, 9.17) is 4.74 Å². The Kier molecular flexibility index (Phi) is 6.71. The fourth-order valence-electron chi connectivity index (χ4n) is 2.02. The number of carbonyl (C=O) groups is 2. The molecule has 2 amide bonds. The number of nitrogens with one attached hydrogen (secondary N) is 2. The van der Waals surface area contributed by atoms with Gasteiger partial charge in [-0.25, -0.2) is 4.39 Å². The van der Waals surface area contributed by atoms with Crippen LogP contribution < -0.4 is 15.4 Å². The molecule has 0 aliphatic heterocycles. The monoisotopic (exact) mass is 342 g/mol. The first-order chi connectivity index (χ1) is 12.1. The molecule has 5 nitrogen and oxygen atoms in total. The molecule has 0 atom stereocenters. The summed E-state index contributed by atoms with van der Waals surface area (Å²) >= 11 is 0. The van der Waals surface area contributed by atoms with E-state index in [2.05, 4.69) is 10.6 Å². The molecule has 2 N–H and O–H groups in total. The number of hydrogen-bond acceptors (Lipinski definition) is 3. The quantitative estimate of drug-likeness (QED) is 0.760. The van der Waals surface area contributed by atoms with Gasteiger partial charge < -0.3 is 15.4 Å². The summed E-state index contributed by atoms with van der Waals surface area (Å²) < 4.78 is 18.5. The highest BCUT2D eigenvalue weighted by molar-refractivity contribution is 5.93. The van der Waals surface area contributed by atoms with Crippen LogP contribution in [0.15, 0.2) is 54.6 Å². The standard InChI is InChI=1S/C19H19FN2O3/c1-25-15-9-6-14(7-10-15)8-11-18(23)21-13-12-19(24)22-17-5-3-2-4-16(17)20/h2-11H,12-13H2,1H3,(H,21,23)(H,22,24)/b11-8+. The summed E-state index contributed by atoms with van der Waals surface area (Å²) in [7, 11) is 1.58. The Morgan fingerprint density at radius 2 is 1.84 bits per heavy atom. The number of carbonyl (C=O) groups excluding carboxylic acids is 2. The van der Waals surface area contributed by atoms with E-state index in [0.717, 1.165) is 11.3 Å². The Morgan fingerprint density at radius 1 is 1.12 bits per heavy atom. The third-order valence-corrected chi connectivity index (χ3v) is 3.34. The van der Waals surface area contributed by atoms with Gasteiger partial charge >= 0.3 is 0 Å². The SMILES string of the molecule is COc1ccc(/C=C/C(=O)NCCC(=O)Nc2ccccc2F)cc1. The summed E-state index contributed by atoms with van der Waals surface area (Å²) in [6.07, 6.45) is 3.10. The Balaban J connectivity index is 1.73. The van der Waals surface area contributed by atoms with Crippen molar-refractivity contribution in [3.63, 3.8) is 0 Å². The number of anilines is 1. The number of amides is 2. The van der Waals surface area contributed by atoms with Gasteiger partial charge in [0.1, 0.15) is 11.6 Å². The summed E-state index contributed by atoms with van der Waals surface area (Å²) in [6, 6.07) is 13.2. The number of ether oxygens (including phenoxy) is 1. The predicted molar refractivity (Wildman–Crippen MR) is 94.7 cm³/mol. The van der Waals surface area contributed by atoms with Crippen molar-refractivity contribution in [2.45, 2.75) is 6.42 Å². The normalized spacial score (nSPS) is 10.5. The molecule has 0 fully saturated rings. The third-order valence-electron chi connectivity index (χ3n) is 3.34. The second kappa shape index (κ2) is 9.22. The zero-order valence-electron chi connectivity index (χ0n) is 13.8. The van der Waals surface area contributed by atoms with Gasteiger partial charge in [-0.15, -0.1) is 0 Å². The van der Waals surface area contributed by atoms with Crippen LogP contribution in [-0.4, -0.2) is 25.5 Å². The lowest BCUT2D eigenvalue weighted by atomic mass is 10.2. The van der Waals surface area contributed by atoms with Gasteiger partial charge in [0.15, 0.2) is 0 Å². The fourth-order valence-corrected chi connectivity index (χ4v) is 2.02. The van der Waals surface area contributed by atoms with Crippen LogP contribution in [0.2, 0.25) is 0 Å². The highest BCUT2D eigenvalue weighted by Gasteiger charge is 2.06. The topological polar surface area (TPSA) is 67.4 Å². The minimum Gasteiger partial charge on any atom is -0.497 e. The Hall–Kier alpha value is -3.15. The van der Waals surface area contributed by atoms with Crippen LogP contribution in [0.25, 0.3) is 6.08 Å². The van der Waals surface area contributed by atoms with Crippen molar-refractivity contribution in [3.05, 3.63) is 66.0 Å². The Labute approximate surface area is 145 Å². The number of para-hydroxylation sites is 1. The smallest absolute Gasteiger partial charge is 0.244 e. The molecular weight excluding hydrogens is 323 g/mol. The molecule has 0 spiro atoms. The summed E-state index contributed by atoms with van der Waals surface area (Å²) in [5, 5.41) is 5.06. The van der Waals surface area contributed by atoms with Crippen LogP contribution in [0.3, 0.4) is 0 Å². The number of benzene rings is 2. The van der Waals surface area contributed by atoms with Gasteiger partial charge in [0.05, 0.1) is 12.8 Å². The van der Waals surface area contributed by atoms with E-state index in [0.29, 0.717) is 0 Å². The number of hydrogen-bond donors (Lipinski definition) is 2. The molecule has 0 bridgehead atoms. The summed E-state index contributed by atoms with van der Waals surface area (Å²) in [5.41, 5.74) is 0.978. The van der Waals surface area contributed by atoms with Crippen LogP contribution >= 0.6 is 0 Å². The van der Waals surface area contributed by atoms with Crippen LogP contribution in [0.1, 0.15) is 12.0 Å². The van der Waals surface area contributed by atoms with Gasteiger partial charge in [0, 0.05) is 19.0 Å². The van der Waals surface area contributed by atoms with Crippen molar-refractivity contribution in [2.24, 2.45) is 0 Å². The maximum Gasteiger partial charge on any atom is 0.244 e. The summed E-state index contributed by atoms with van der Waals surface area (Å²) in [5.74, 6) is -0.441. The molecule has 0 aliphatic carbocycles. The Bertz CT molecular complexity index is 758. The van der Waals surface area contributed by atoms with Gasteiger partial charge in [-0.1, -0.05) is 24.3 Å². The van der Waals surface area contributed by atoms with E-state index in [-0.39, 0.29) is 30.5 Å².